The third kappa shape index (κ3) is 2.22. The lowest BCUT2D eigenvalue weighted by atomic mass is 10.1. The third-order valence-electron chi connectivity index (χ3n) is 2.07. The van der Waals surface area contributed by atoms with Crippen LogP contribution in [0.2, 0.25) is 0 Å². The number of rotatable bonds is 2. The van der Waals surface area contributed by atoms with Crippen LogP contribution in [0.5, 0.6) is 0 Å². The number of hydrogen-bond acceptors (Lipinski definition) is 3. The Balaban J connectivity index is 2.52. The molecule has 2 aromatic rings. The molecule has 0 aliphatic carbocycles. The van der Waals surface area contributed by atoms with E-state index in [0.717, 1.165) is 15.6 Å². The first-order chi connectivity index (χ1) is 7.31. The highest BCUT2D eigenvalue weighted by Gasteiger charge is 2.05. The second kappa shape index (κ2) is 4.51. The first kappa shape index (κ1) is 10.3. The molecule has 3 nitrogen and oxygen atoms in total. The largest absolute Gasteiger partial charge is 0.326 e. The summed E-state index contributed by atoms with van der Waals surface area (Å²) in [7, 11) is 0. The van der Waals surface area contributed by atoms with Gasteiger partial charge in [-0.1, -0.05) is 22.0 Å². The summed E-state index contributed by atoms with van der Waals surface area (Å²) in [5.41, 5.74) is 7.63. The molecule has 0 saturated carbocycles. The van der Waals surface area contributed by atoms with E-state index in [-0.39, 0.29) is 0 Å². The molecule has 0 bridgehead atoms. The Morgan fingerprint density at radius 3 is 2.60 bits per heavy atom. The molecule has 2 rings (SSSR count). The van der Waals surface area contributed by atoms with Gasteiger partial charge in [0.15, 0.2) is 5.82 Å². The van der Waals surface area contributed by atoms with Crippen LogP contribution in [0.15, 0.2) is 41.1 Å². The first-order valence-electron chi connectivity index (χ1n) is 4.57. The van der Waals surface area contributed by atoms with Crippen LogP contribution in [0.1, 0.15) is 5.56 Å². The summed E-state index contributed by atoms with van der Waals surface area (Å²) in [4.78, 5) is 8.41. The van der Waals surface area contributed by atoms with Gasteiger partial charge < -0.3 is 5.73 Å². The summed E-state index contributed by atoms with van der Waals surface area (Å²) in [6, 6.07) is 7.74. The van der Waals surface area contributed by atoms with E-state index in [0.29, 0.717) is 12.4 Å². The highest BCUT2D eigenvalue weighted by Crippen LogP contribution is 2.26. The molecule has 0 aliphatic rings. The number of benzene rings is 1. The Hall–Kier alpha value is -1.26. The fourth-order valence-electron chi connectivity index (χ4n) is 1.31. The van der Waals surface area contributed by atoms with E-state index in [9.17, 15) is 0 Å². The second-order valence-electron chi connectivity index (χ2n) is 3.09. The van der Waals surface area contributed by atoms with E-state index >= 15 is 0 Å². The van der Waals surface area contributed by atoms with E-state index in [2.05, 4.69) is 25.9 Å². The van der Waals surface area contributed by atoms with Crippen molar-refractivity contribution in [3.8, 4) is 11.4 Å². The van der Waals surface area contributed by atoms with Crippen LogP contribution in [0.3, 0.4) is 0 Å². The van der Waals surface area contributed by atoms with Gasteiger partial charge in [-0.3, -0.25) is 0 Å². The molecule has 4 heteroatoms. The van der Waals surface area contributed by atoms with Gasteiger partial charge >= 0.3 is 0 Å². The smallest absolute Gasteiger partial charge is 0.160 e. The van der Waals surface area contributed by atoms with Gasteiger partial charge in [-0.25, -0.2) is 9.97 Å². The number of nitrogens with zero attached hydrogens (tertiary/aromatic N) is 2. The Kier molecular flexibility index (Phi) is 3.08. The van der Waals surface area contributed by atoms with Crippen LogP contribution in [-0.2, 0) is 6.54 Å². The molecule has 0 fully saturated rings. The predicted octanol–water partition coefficient (Wildman–Crippen LogP) is 2.36. The van der Waals surface area contributed by atoms with Gasteiger partial charge in [-0.05, 0) is 23.8 Å². The molecule has 0 unspecified atom stereocenters. The van der Waals surface area contributed by atoms with E-state index in [4.69, 9.17) is 5.73 Å². The molecule has 1 aromatic heterocycles. The van der Waals surface area contributed by atoms with Crippen molar-refractivity contribution in [2.45, 2.75) is 6.54 Å². The van der Waals surface area contributed by atoms with Gasteiger partial charge in [0.25, 0.3) is 0 Å². The number of halogens is 1. The van der Waals surface area contributed by atoms with Crippen molar-refractivity contribution in [3.05, 3.63) is 46.7 Å². The minimum atomic E-state index is 0.521. The van der Waals surface area contributed by atoms with E-state index in [1.54, 1.807) is 18.5 Å². The maximum Gasteiger partial charge on any atom is 0.160 e. The van der Waals surface area contributed by atoms with Crippen LogP contribution in [0.4, 0.5) is 0 Å². The minimum Gasteiger partial charge on any atom is -0.326 e. The standard InChI is InChI=1S/C11H10BrN3/c12-10-3-2-8(7-13)6-9(10)11-14-4-1-5-15-11/h1-6H,7,13H2. The maximum absolute atomic E-state index is 5.59. The van der Waals surface area contributed by atoms with E-state index in [1.165, 1.54) is 0 Å². The average molecular weight is 264 g/mol. The molecule has 76 valence electrons. The average Bonchev–Trinajstić information content (AvgIpc) is 2.31. The monoisotopic (exact) mass is 263 g/mol. The zero-order chi connectivity index (χ0) is 10.7. The maximum atomic E-state index is 5.59. The fraction of sp³-hybridized carbons (Fsp3) is 0.0909. The van der Waals surface area contributed by atoms with Crippen LogP contribution in [0.25, 0.3) is 11.4 Å². The molecule has 0 aliphatic heterocycles. The molecule has 0 amide bonds. The molecule has 0 saturated heterocycles. The van der Waals surface area contributed by atoms with Crippen LogP contribution in [0, 0.1) is 0 Å². The Morgan fingerprint density at radius 1 is 1.20 bits per heavy atom. The lowest BCUT2D eigenvalue weighted by molar-refractivity contribution is 1.07. The molecule has 0 radical (unpaired) electrons. The van der Waals surface area contributed by atoms with Gasteiger partial charge in [0.1, 0.15) is 0 Å². The van der Waals surface area contributed by atoms with Gasteiger partial charge in [0, 0.05) is 29.0 Å². The molecular weight excluding hydrogens is 254 g/mol. The van der Waals surface area contributed by atoms with Crippen LogP contribution in [-0.4, -0.2) is 9.97 Å². The Bertz CT molecular complexity index is 457. The van der Waals surface area contributed by atoms with Crippen molar-refractivity contribution in [1.29, 1.82) is 0 Å². The highest BCUT2D eigenvalue weighted by molar-refractivity contribution is 9.10. The zero-order valence-electron chi connectivity index (χ0n) is 8.02. The van der Waals surface area contributed by atoms with Crippen molar-refractivity contribution < 1.29 is 0 Å². The van der Waals surface area contributed by atoms with Gasteiger partial charge in [0.2, 0.25) is 0 Å². The molecule has 15 heavy (non-hydrogen) atoms. The van der Waals surface area contributed by atoms with Crippen molar-refractivity contribution in [3.63, 3.8) is 0 Å². The van der Waals surface area contributed by atoms with Crippen molar-refractivity contribution in [2.24, 2.45) is 5.73 Å². The van der Waals surface area contributed by atoms with Crippen molar-refractivity contribution in [2.75, 3.05) is 0 Å². The molecule has 0 atom stereocenters. The predicted molar refractivity (Wildman–Crippen MR) is 63.1 cm³/mol. The molecule has 2 N–H and O–H groups in total. The van der Waals surface area contributed by atoms with Gasteiger partial charge in [-0.15, -0.1) is 0 Å². The summed E-state index contributed by atoms with van der Waals surface area (Å²) >= 11 is 3.48. The SMILES string of the molecule is NCc1ccc(Br)c(-c2ncccn2)c1. The molecular formula is C11H10BrN3. The fourth-order valence-corrected chi connectivity index (χ4v) is 1.73. The number of hydrogen-bond donors (Lipinski definition) is 1. The van der Waals surface area contributed by atoms with Crippen LogP contribution >= 0.6 is 15.9 Å². The molecule has 0 spiro atoms. The normalized spacial score (nSPS) is 10.3. The Labute approximate surface area is 96.5 Å². The second-order valence-corrected chi connectivity index (χ2v) is 3.95. The first-order valence-corrected chi connectivity index (χ1v) is 5.36. The Morgan fingerprint density at radius 2 is 1.93 bits per heavy atom. The lowest BCUT2D eigenvalue weighted by Crippen LogP contribution is -1.97. The zero-order valence-corrected chi connectivity index (χ0v) is 9.61. The molecule has 1 aromatic carbocycles. The molecule has 1 heterocycles. The summed E-state index contributed by atoms with van der Waals surface area (Å²) in [6.07, 6.45) is 3.45. The summed E-state index contributed by atoms with van der Waals surface area (Å²) in [6.45, 7) is 0.521. The van der Waals surface area contributed by atoms with Gasteiger partial charge in [-0.2, -0.15) is 0 Å². The summed E-state index contributed by atoms with van der Waals surface area (Å²) in [5.74, 6) is 0.708. The number of nitrogens with two attached hydrogens (primary N) is 1. The summed E-state index contributed by atoms with van der Waals surface area (Å²) in [5, 5.41) is 0. The summed E-state index contributed by atoms with van der Waals surface area (Å²) < 4.78 is 0.978. The number of aromatic nitrogens is 2. The van der Waals surface area contributed by atoms with E-state index in [1.807, 2.05) is 18.2 Å². The van der Waals surface area contributed by atoms with Crippen molar-refractivity contribution in [1.82, 2.24) is 9.97 Å². The topological polar surface area (TPSA) is 51.8 Å². The lowest BCUT2D eigenvalue weighted by Gasteiger charge is -2.04. The van der Waals surface area contributed by atoms with E-state index < -0.39 is 0 Å². The van der Waals surface area contributed by atoms with Crippen LogP contribution < -0.4 is 5.73 Å². The van der Waals surface area contributed by atoms with Crippen molar-refractivity contribution >= 4 is 15.9 Å². The van der Waals surface area contributed by atoms with Gasteiger partial charge in [0.05, 0.1) is 0 Å². The minimum absolute atomic E-state index is 0.521. The quantitative estimate of drug-likeness (QED) is 0.905. The highest BCUT2D eigenvalue weighted by atomic mass is 79.9. The third-order valence-corrected chi connectivity index (χ3v) is 2.76.